The van der Waals surface area contributed by atoms with Crippen LogP contribution < -0.4 is 37.9 Å². The Morgan fingerprint density at radius 2 is 0.741 bits per heavy atom. The molecule has 0 spiro atoms. The molecule has 4 aromatic carbocycles. The average molecular weight is 1060 g/mol. The first-order valence-corrected chi connectivity index (χ1v) is 21.1. The molecular formula is C42H46Br4O12. The third kappa shape index (κ3) is 11.2. The molecule has 0 radical (unpaired) electrons. The quantitative estimate of drug-likeness (QED) is 0.0476. The summed E-state index contributed by atoms with van der Waals surface area (Å²) >= 11 is 14.5. The molecule has 12 nitrogen and oxygen atoms in total. The van der Waals surface area contributed by atoms with E-state index in [4.69, 9.17) is 47.4 Å². The second kappa shape index (κ2) is 22.5. The van der Waals surface area contributed by atoms with Crippen molar-refractivity contribution < 1.29 is 57.0 Å². The average Bonchev–Trinajstić information content (AvgIpc) is 3.23. The number of hydrogen-bond acceptors (Lipinski definition) is 12. The molecule has 0 unspecified atom stereocenters. The Hall–Kier alpha value is -3.86. The highest BCUT2D eigenvalue weighted by Gasteiger charge is 2.22. The Bertz CT molecular complexity index is 1940. The lowest BCUT2D eigenvalue weighted by Crippen LogP contribution is -2.21. The number of halogens is 4. The molecule has 0 bridgehead atoms. The van der Waals surface area contributed by atoms with Crippen LogP contribution in [-0.4, -0.2) is 82.0 Å². The number of rotatable bonds is 20. The van der Waals surface area contributed by atoms with Crippen molar-refractivity contribution in [1.82, 2.24) is 0 Å². The lowest BCUT2D eigenvalue weighted by atomic mass is 9.98. The standard InChI is InChI=1S/C42H46Br4O12/c1-49-29-17-23(15-27(37(29)53-5)19-25-21-31(51-3)39(55-7)35(45)33(25)43)11-9-13-57-41(47)42(48)58-14-10-12-24-16-28(38(54-6)30(18-24)50-2)20-26-22-32(52-4)40(56-8)36(46)34(26)44/h15-18,21-22H,9-14,19-20H2,1-8H3. The van der Waals surface area contributed by atoms with Gasteiger partial charge in [-0.1, -0.05) is 12.1 Å². The molecular weight excluding hydrogens is 1020 g/mol. The molecule has 16 heteroatoms. The maximum atomic E-state index is 12.5. The van der Waals surface area contributed by atoms with E-state index in [9.17, 15) is 9.59 Å². The van der Waals surface area contributed by atoms with Gasteiger partial charge in [-0.05, 0) is 136 Å². The fraction of sp³-hybridized carbons (Fsp3) is 0.381. The van der Waals surface area contributed by atoms with E-state index in [-0.39, 0.29) is 13.2 Å². The largest absolute Gasteiger partial charge is 0.493 e. The van der Waals surface area contributed by atoms with Crippen LogP contribution in [0.25, 0.3) is 0 Å². The van der Waals surface area contributed by atoms with Crippen molar-refractivity contribution in [2.45, 2.75) is 38.5 Å². The van der Waals surface area contributed by atoms with Gasteiger partial charge in [0.15, 0.2) is 46.0 Å². The van der Waals surface area contributed by atoms with Crippen LogP contribution in [0.4, 0.5) is 0 Å². The van der Waals surface area contributed by atoms with Crippen molar-refractivity contribution in [3.8, 4) is 46.0 Å². The Kier molecular flexibility index (Phi) is 18.2. The van der Waals surface area contributed by atoms with Crippen LogP contribution in [0.3, 0.4) is 0 Å². The van der Waals surface area contributed by atoms with Crippen molar-refractivity contribution in [2.24, 2.45) is 0 Å². The van der Waals surface area contributed by atoms with Gasteiger partial charge in [0, 0.05) is 32.9 Å². The number of aryl methyl sites for hydroxylation is 2. The number of benzene rings is 4. The van der Waals surface area contributed by atoms with Gasteiger partial charge in [-0.25, -0.2) is 9.59 Å². The molecule has 0 heterocycles. The zero-order valence-electron chi connectivity index (χ0n) is 33.5. The summed E-state index contributed by atoms with van der Waals surface area (Å²) in [5, 5.41) is 0. The summed E-state index contributed by atoms with van der Waals surface area (Å²) in [6.45, 7) is 0.0416. The maximum absolute atomic E-state index is 12.5. The van der Waals surface area contributed by atoms with Crippen molar-refractivity contribution in [3.05, 3.63) is 87.7 Å². The number of esters is 2. The molecule has 314 valence electrons. The Morgan fingerprint density at radius 3 is 1.05 bits per heavy atom. The summed E-state index contributed by atoms with van der Waals surface area (Å²) in [5.74, 6) is 2.54. The normalized spacial score (nSPS) is 10.8. The molecule has 0 saturated heterocycles. The van der Waals surface area contributed by atoms with Gasteiger partial charge < -0.3 is 47.4 Å². The molecule has 0 fully saturated rings. The van der Waals surface area contributed by atoms with Crippen LogP contribution in [0.15, 0.2) is 54.3 Å². The first kappa shape index (κ1) is 46.8. The predicted octanol–water partition coefficient (Wildman–Crippen LogP) is 9.64. The van der Waals surface area contributed by atoms with Crippen molar-refractivity contribution in [2.75, 3.05) is 70.1 Å². The first-order valence-electron chi connectivity index (χ1n) is 17.9. The van der Waals surface area contributed by atoms with Gasteiger partial charge in [-0.15, -0.1) is 0 Å². The minimum Gasteiger partial charge on any atom is -0.493 e. The molecule has 58 heavy (non-hydrogen) atoms. The van der Waals surface area contributed by atoms with Crippen LogP contribution in [0.5, 0.6) is 46.0 Å². The van der Waals surface area contributed by atoms with Crippen LogP contribution in [0, 0.1) is 0 Å². The van der Waals surface area contributed by atoms with Crippen LogP contribution in [0.2, 0.25) is 0 Å². The molecule has 0 N–H and O–H groups in total. The van der Waals surface area contributed by atoms with Crippen LogP contribution >= 0.6 is 63.7 Å². The maximum Gasteiger partial charge on any atom is 0.417 e. The van der Waals surface area contributed by atoms with E-state index in [1.54, 1.807) is 56.9 Å². The van der Waals surface area contributed by atoms with Gasteiger partial charge in [-0.3, -0.25) is 0 Å². The van der Waals surface area contributed by atoms with E-state index in [2.05, 4.69) is 63.7 Å². The molecule has 0 aliphatic rings. The van der Waals surface area contributed by atoms with E-state index in [1.165, 1.54) is 0 Å². The number of methoxy groups -OCH3 is 8. The van der Waals surface area contributed by atoms with E-state index >= 15 is 0 Å². The van der Waals surface area contributed by atoms with Gasteiger partial charge in [0.2, 0.25) is 0 Å². The molecule has 0 aliphatic carbocycles. The zero-order valence-corrected chi connectivity index (χ0v) is 39.9. The van der Waals surface area contributed by atoms with Gasteiger partial charge in [0.05, 0.1) is 79.0 Å². The van der Waals surface area contributed by atoms with E-state index in [0.717, 1.165) is 51.3 Å². The number of carbonyl (C=O) groups excluding carboxylic acids is 2. The van der Waals surface area contributed by atoms with Crippen molar-refractivity contribution in [3.63, 3.8) is 0 Å². The molecule has 0 atom stereocenters. The van der Waals surface area contributed by atoms with E-state index in [0.29, 0.717) is 84.5 Å². The lowest BCUT2D eigenvalue weighted by molar-refractivity contribution is -0.167. The number of ether oxygens (including phenoxy) is 10. The number of hydrogen-bond donors (Lipinski definition) is 0. The van der Waals surface area contributed by atoms with Crippen molar-refractivity contribution >= 4 is 75.7 Å². The fourth-order valence-electron chi connectivity index (χ4n) is 6.39. The van der Waals surface area contributed by atoms with Crippen LogP contribution in [-0.2, 0) is 44.7 Å². The highest BCUT2D eigenvalue weighted by atomic mass is 79.9. The zero-order chi connectivity index (χ0) is 42.5. The summed E-state index contributed by atoms with van der Waals surface area (Å²) in [5.41, 5.74) is 5.47. The lowest BCUT2D eigenvalue weighted by Gasteiger charge is -2.18. The first-order chi connectivity index (χ1) is 27.9. The predicted molar refractivity (Wildman–Crippen MR) is 233 cm³/mol. The topological polar surface area (TPSA) is 126 Å². The fourth-order valence-corrected chi connectivity index (χ4v) is 8.48. The molecule has 0 saturated carbocycles. The summed E-state index contributed by atoms with van der Waals surface area (Å²) < 4.78 is 58.5. The van der Waals surface area contributed by atoms with Gasteiger partial charge >= 0.3 is 11.9 Å². The summed E-state index contributed by atoms with van der Waals surface area (Å²) in [6.07, 6.45) is 2.96. The highest BCUT2D eigenvalue weighted by Crippen LogP contribution is 2.46. The van der Waals surface area contributed by atoms with Crippen molar-refractivity contribution in [1.29, 1.82) is 0 Å². The minimum absolute atomic E-state index is 0.0208. The van der Waals surface area contributed by atoms with Gasteiger partial charge in [-0.2, -0.15) is 0 Å². The molecule has 0 amide bonds. The summed E-state index contributed by atoms with van der Waals surface area (Å²) in [6, 6.07) is 11.6. The smallest absolute Gasteiger partial charge is 0.417 e. The van der Waals surface area contributed by atoms with E-state index in [1.807, 2.05) is 36.4 Å². The van der Waals surface area contributed by atoms with Crippen LogP contribution in [0.1, 0.15) is 46.2 Å². The van der Waals surface area contributed by atoms with Gasteiger partial charge in [0.1, 0.15) is 0 Å². The van der Waals surface area contributed by atoms with E-state index < -0.39 is 11.9 Å². The SMILES string of the molecule is COc1cc(CCCOC(=O)C(=O)OCCCc2cc(Cc3cc(OC)c(OC)c(Br)c3Br)c(OC)c(OC)c2)cc(Cc2cc(OC)c(OC)c(Br)c2Br)c1OC. The van der Waals surface area contributed by atoms with Gasteiger partial charge in [0.25, 0.3) is 0 Å². The summed E-state index contributed by atoms with van der Waals surface area (Å²) in [4.78, 5) is 25.0. The second-order valence-corrected chi connectivity index (χ2v) is 15.8. The Labute approximate surface area is 372 Å². The molecule has 0 aromatic heterocycles. The Balaban J connectivity index is 1.33. The third-order valence-electron chi connectivity index (χ3n) is 9.10. The molecule has 0 aliphatic heterocycles. The number of carbonyl (C=O) groups is 2. The highest BCUT2D eigenvalue weighted by molar-refractivity contribution is 9.13. The third-order valence-corrected chi connectivity index (χ3v) is 13.5. The molecule has 4 aromatic rings. The minimum atomic E-state index is -1.04. The second-order valence-electron chi connectivity index (χ2n) is 12.6. The monoisotopic (exact) mass is 1060 g/mol. The summed E-state index contributed by atoms with van der Waals surface area (Å²) in [7, 11) is 12.7. The Morgan fingerprint density at radius 1 is 0.414 bits per heavy atom. The molecule has 4 rings (SSSR count).